The van der Waals surface area contributed by atoms with Crippen LogP contribution in [-0.2, 0) is 6.42 Å². The quantitative estimate of drug-likeness (QED) is 0.831. The standard InChI is InChI=1S/C11H12ClN3O/c1-8(7-9-3-2-6-16-9)14-10-4-5-13-11(12)15-10/h2-6,8H,7H2,1H3,(H,13,14,15). The molecule has 2 rings (SSSR count). The Balaban J connectivity index is 1.94. The van der Waals surface area contributed by atoms with E-state index in [2.05, 4.69) is 22.2 Å². The van der Waals surface area contributed by atoms with Gasteiger partial charge in [0, 0.05) is 18.7 Å². The molecule has 0 fully saturated rings. The van der Waals surface area contributed by atoms with Crippen LogP contribution in [0.1, 0.15) is 12.7 Å². The van der Waals surface area contributed by atoms with Crippen molar-refractivity contribution in [3.05, 3.63) is 41.7 Å². The van der Waals surface area contributed by atoms with Gasteiger partial charge in [-0.15, -0.1) is 0 Å². The van der Waals surface area contributed by atoms with Gasteiger partial charge in [-0.1, -0.05) is 0 Å². The van der Waals surface area contributed by atoms with Crippen LogP contribution in [0.15, 0.2) is 35.1 Å². The fourth-order valence-electron chi connectivity index (χ4n) is 1.45. The number of hydrogen-bond acceptors (Lipinski definition) is 4. The van der Waals surface area contributed by atoms with Crippen LogP contribution < -0.4 is 5.32 Å². The van der Waals surface area contributed by atoms with Gasteiger partial charge in [-0.25, -0.2) is 9.97 Å². The summed E-state index contributed by atoms with van der Waals surface area (Å²) in [5, 5.41) is 3.47. The molecule has 0 amide bonds. The highest BCUT2D eigenvalue weighted by Gasteiger charge is 2.06. The zero-order chi connectivity index (χ0) is 11.4. The monoisotopic (exact) mass is 237 g/mol. The Hall–Kier alpha value is -1.55. The topological polar surface area (TPSA) is 51.0 Å². The number of rotatable bonds is 4. The minimum atomic E-state index is 0.220. The highest BCUT2D eigenvalue weighted by Crippen LogP contribution is 2.10. The summed E-state index contributed by atoms with van der Waals surface area (Å²) in [5.74, 6) is 1.67. The van der Waals surface area contributed by atoms with Gasteiger partial charge < -0.3 is 9.73 Å². The van der Waals surface area contributed by atoms with Crippen molar-refractivity contribution in [3.8, 4) is 0 Å². The van der Waals surface area contributed by atoms with E-state index in [1.54, 1.807) is 18.5 Å². The molecule has 2 aromatic rings. The molecule has 1 unspecified atom stereocenters. The highest BCUT2D eigenvalue weighted by atomic mass is 35.5. The van der Waals surface area contributed by atoms with Gasteiger partial charge in [0.25, 0.3) is 0 Å². The van der Waals surface area contributed by atoms with Crippen molar-refractivity contribution in [1.82, 2.24) is 9.97 Å². The molecular weight excluding hydrogens is 226 g/mol. The summed E-state index contributed by atoms with van der Waals surface area (Å²) in [6.07, 6.45) is 4.09. The van der Waals surface area contributed by atoms with Crippen molar-refractivity contribution in [3.63, 3.8) is 0 Å². The Morgan fingerprint density at radius 1 is 1.50 bits per heavy atom. The van der Waals surface area contributed by atoms with E-state index in [1.807, 2.05) is 12.1 Å². The van der Waals surface area contributed by atoms with Gasteiger partial charge in [-0.05, 0) is 36.7 Å². The van der Waals surface area contributed by atoms with Gasteiger partial charge in [0.15, 0.2) is 0 Å². The normalized spacial score (nSPS) is 12.4. The minimum Gasteiger partial charge on any atom is -0.469 e. The first kappa shape index (κ1) is 11.0. The number of nitrogens with one attached hydrogen (secondary N) is 1. The zero-order valence-corrected chi connectivity index (χ0v) is 9.61. The maximum Gasteiger partial charge on any atom is 0.224 e. The van der Waals surface area contributed by atoms with Crippen LogP contribution in [-0.4, -0.2) is 16.0 Å². The molecule has 0 aliphatic heterocycles. The Morgan fingerprint density at radius 2 is 2.38 bits per heavy atom. The van der Waals surface area contributed by atoms with Crippen molar-refractivity contribution < 1.29 is 4.42 Å². The molecule has 4 nitrogen and oxygen atoms in total. The molecule has 5 heteroatoms. The molecule has 0 aromatic carbocycles. The minimum absolute atomic E-state index is 0.220. The van der Waals surface area contributed by atoms with Crippen molar-refractivity contribution in [2.75, 3.05) is 5.32 Å². The first-order valence-corrected chi connectivity index (χ1v) is 5.39. The van der Waals surface area contributed by atoms with Crippen LogP contribution in [0.5, 0.6) is 0 Å². The number of anilines is 1. The molecule has 0 radical (unpaired) electrons. The Kier molecular flexibility index (Phi) is 3.41. The van der Waals surface area contributed by atoms with Crippen LogP contribution in [0.3, 0.4) is 0 Å². The molecule has 0 saturated carbocycles. The average molecular weight is 238 g/mol. The Bertz CT molecular complexity index is 444. The lowest BCUT2D eigenvalue weighted by Crippen LogP contribution is -2.18. The SMILES string of the molecule is CC(Cc1ccco1)Nc1ccnc(Cl)n1. The number of furan rings is 1. The van der Waals surface area contributed by atoms with Gasteiger partial charge in [0.05, 0.1) is 6.26 Å². The third kappa shape index (κ3) is 2.97. The molecule has 0 spiro atoms. The average Bonchev–Trinajstić information content (AvgIpc) is 2.70. The molecule has 0 bridgehead atoms. The van der Waals surface area contributed by atoms with E-state index < -0.39 is 0 Å². The molecule has 0 saturated heterocycles. The lowest BCUT2D eigenvalue weighted by molar-refractivity contribution is 0.497. The first-order chi connectivity index (χ1) is 7.74. The van der Waals surface area contributed by atoms with E-state index in [0.29, 0.717) is 0 Å². The molecule has 1 N–H and O–H groups in total. The van der Waals surface area contributed by atoms with Gasteiger partial charge in [0.1, 0.15) is 11.6 Å². The predicted octanol–water partition coefficient (Wildman–Crippen LogP) is 2.77. The lowest BCUT2D eigenvalue weighted by Gasteiger charge is -2.12. The van der Waals surface area contributed by atoms with Crippen molar-refractivity contribution in [1.29, 1.82) is 0 Å². The van der Waals surface area contributed by atoms with E-state index in [0.717, 1.165) is 18.0 Å². The smallest absolute Gasteiger partial charge is 0.224 e. The summed E-state index contributed by atoms with van der Waals surface area (Å²) in [5.41, 5.74) is 0. The van der Waals surface area contributed by atoms with Crippen LogP contribution >= 0.6 is 11.6 Å². The molecular formula is C11H12ClN3O. The second kappa shape index (κ2) is 4.99. The molecule has 2 heterocycles. The van der Waals surface area contributed by atoms with Gasteiger partial charge in [-0.2, -0.15) is 0 Å². The fraction of sp³-hybridized carbons (Fsp3) is 0.273. The second-order valence-corrected chi connectivity index (χ2v) is 3.88. The highest BCUT2D eigenvalue weighted by molar-refractivity contribution is 6.28. The summed E-state index contributed by atoms with van der Waals surface area (Å²) in [6, 6.07) is 5.83. The molecule has 2 aromatic heterocycles. The van der Waals surface area contributed by atoms with E-state index in [1.165, 1.54) is 0 Å². The fourth-order valence-corrected chi connectivity index (χ4v) is 1.60. The van der Waals surface area contributed by atoms with E-state index in [4.69, 9.17) is 16.0 Å². The molecule has 84 valence electrons. The Labute approximate surface area is 98.7 Å². The summed E-state index contributed by atoms with van der Waals surface area (Å²) in [7, 11) is 0. The number of hydrogen-bond donors (Lipinski definition) is 1. The van der Waals surface area contributed by atoms with Crippen LogP contribution in [0.4, 0.5) is 5.82 Å². The third-order valence-corrected chi connectivity index (χ3v) is 2.29. The van der Waals surface area contributed by atoms with E-state index in [-0.39, 0.29) is 11.3 Å². The third-order valence-electron chi connectivity index (χ3n) is 2.11. The first-order valence-electron chi connectivity index (χ1n) is 5.01. The summed E-state index contributed by atoms with van der Waals surface area (Å²) in [4.78, 5) is 7.87. The van der Waals surface area contributed by atoms with E-state index >= 15 is 0 Å². The Morgan fingerprint density at radius 3 is 3.06 bits per heavy atom. The number of aromatic nitrogens is 2. The zero-order valence-electron chi connectivity index (χ0n) is 8.85. The maximum atomic E-state index is 5.69. The lowest BCUT2D eigenvalue weighted by atomic mass is 10.2. The maximum absolute atomic E-state index is 5.69. The van der Waals surface area contributed by atoms with Crippen molar-refractivity contribution >= 4 is 17.4 Å². The largest absolute Gasteiger partial charge is 0.469 e. The second-order valence-electron chi connectivity index (χ2n) is 3.54. The van der Waals surface area contributed by atoms with Crippen LogP contribution in [0, 0.1) is 0 Å². The number of halogens is 1. The van der Waals surface area contributed by atoms with Crippen LogP contribution in [0.25, 0.3) is 0 Å². The van der Waals surface area contributed by atoms with E-state index in [9.17, 15) is 0 Å². The van der Waals surface area contributed by atoms with Crippen molar-refractivity contribution in [2.45, 2.75) is 19.4 Å². The van der Waals surface area contributed by atoms with Crippen LogP contribution in [0.2, 0.25) is 5.28 Å². The predicted molar refractivity (Wildman–Crippen MR) is 62.5 cm³/mol. The molecule has 1 atom stereocenters. The van der Waals surface area contributed by atoms with Gasteiger partial charge in [0.2, 0.25) is 5.28 Å². The summed E-state index contributed by atoms with van der Waals surface area (Å²) in [6.45, 7) is 2.05. The molecule has 16 heavy (non-hydrogen) atoms. The summed E-state index contributed by atoms with van der Waals surface area (Å²) < 4.78 is 5.27. The van der Waals surface area contributed by atoms with Gasteiger partial charge in [-0.3, -0.25) is 0 Å². The molecule has 0 aliphatic carbocycles. The summed E-state index contributed by atoms with van der Waals surface area (Å²) >= 11 is 5.69. The number of nitrogens with zero attached hydrogens (tertiary/aromatic N) is 2. The van der Waals surface area contributed by atoms with Gasteiger partial charge >= 0.3 is 0 Å². The molecule has 0 aliphatic rings. The van der Waals surface area contributed by atoms with Crippen molar-refractivity contribution in [2.24, 2.45) is 0 Å².